The van der Waals surface area contributed by atoms with Gasteiger partial charge in [-0.05, 0) is 26.8 Å². The topological polar surface area (TPSA) is 41.6 Å². The second kappa shape index (κ2) is 4.42. The van der Waals surface area contributed by atoms with E-state index in [2.05, 4.69) is 5.32 Å². The second-order valence-electron chi connectivity index (χ2n) is 2.99. The van der Waals surface area contributed by atoms with E-state index in [-0.39, 0.29) is 11.9 Å². The van der Waals surface area contributed by atoms with Gasteiger partial charge < -0.3 is 5.32 Å². The van der Waals surface area contributed by atoms with E-state index in [1.54, 1.807) is 7.05 Å². The first-order chi connectivity index (χ1) is 5.75. The van der Waals surface area contributed by atoms with Crippen LogP contribution in [0.2, 0.25) is 0 Å². The number of nitrogens with zero attached hydrogens (tertiary/aromatic N) is 1. The molecule has 0 aromatic rings. The van der Waals surface area contributed by atoms with Gasteiger partial charge >= 0.3 is 0 Å². The molecule has 0 radical (unpaired) electrons. The first-order valence-corrected chi connectivity index (χ1v) is 4.37. The van der Waals surface area contributed by atoms with Crippen molar-refractivity contribution in [1.82, 2.24) is 10.4 Å². The summed E-state index contributed by atoms with van der Waals surface area (Å²) in [6.07, 6.45) is 2.10. The standard InChI is InChI=1S/C8H16N2O2/c1-7(9-2)8(11)10-5-3-4-6-12-10/h7,9H,3-6H2,1-2H3. The van der Waals surface area contributed by atoms with Crippen LogP contribution >= 0.6 is 0 Å². The Morgan fingerprint density at radius 1 is 1.58 bits per heavy atom. The lowest BCUT2D eigenvalue weighted by molar-refractivity contribution is -0.198. The highest BCUT2D eigenvalue weighted by Crippen LogP contribution is 2.07. The van der Waals surface area contributed by atoms with E-state index >= 15 is 0 Å². The van der Waals surface area contributed by atoms with Gasteiger partial charge in [0.25, 0.3) is 5.91 Å². The molecule has 0 aliphatic carbocycles. The van der Waals surface area contributed by atoms with Crippen LogP contribution in [-0.4, -0.2) is 37.2 Å². The SMILES string of the molecule is CNC(C)C(=O)N1CCCCO1. The fraction of sp³-hybridized carbons (Fsp3) is 0.875. The minimum Gasteiger partial charge on any atom is -0.309 e. The molecule has 0 aromatic carbocycles. The summed E-state index contributed by atoms with van der Waals surface area (Å²) in [6, 6.07) is -0.150. The molecule has 12 heavy (non-hydrogen) atoms. The molecule has 1 rings (SSSR count). The number of carbonyl (C=O) groups is 1. The summed E-state index contributed by atoms with van der Waals surface area (Å²) >= 11 is 0. The Kier molecular flexibility index (Phi) is 3.49. The summed E-state index contributed by atoms with van der Waals surface area (Å²) < 4.78 is 0. The van der Waals surface area contributed by atoms with Gasteiger partial charge in [-0.25, -0.2) is 5.06 Å². The van der Waals surface area contributed by atoms with Crippen LogP contribution in [0.3, 0.4) is 0 Å². The molecular formula is C8H16N2O2. The van der Waals surface area contributed by atoms with Crippen LogP contribution in [0, 0.1) is 0 Å². The maximum absolute atomic E-state index is 11.5. The molecule has 1 heterocycles. The molecule has 1 amide bonds. The molecule has 1 unspecified atom stereocenters. The lowest BCUT2D eigenvalue weighted by Crippen LogP contribution is -2.45. The Morgan fingerprint density at radius 3 is 2.83 bits per heavy atom. The normalized spacial score (nSPS) is 20.7. The first-order valence-electron chi connectivity index (χ1n) is 4.37. The highest BCUT2D eigenvalue weighted by molar-refractivity contribution is 5.80. The zero-order chi connectivity index (χ0) is 8.97. The van der Waals surface area contributed by atoms with E-state index in [4.69, 9.17) is 4.84 Å². The van der Waals surface area contributed by atoms with Gasteiger partial charge in [-0.1, -0.05) is 0 Å². The molecule has 1 aliphatic rings. The average molecular weight is 172 g/mol. The summed E-state index contributed by atoms with van der Waals surface area (Å²) in [7, 11) is 1.77. The van der Waals surface area contributed by atoms with Crippen LogP contribution < -0.4 is 5.32 Å². The van der Waals surface area contributed by atoms with Crippen LogP contribution in [0.25, 0.3) is 0 Å². The zero-order valence-corrected chi connectivity index (χ0v) is 7.67. The molecule has 4 nitrogen and oxygen atoms in total. The highest BCUT2D eigenvalue weighted by atomic mass is 16.7. The lowest BCUT2D eigenvalue weighted by Gasteiger charge is -2.27. The van der Waals surface area contributed by atoms with Gasteiger partial charge in [-0.2, -0.15) is 0 Å². The van der Waals surface area contributed by atoms with Gasteiger partial charge in [-0.3, -0.25) is 9.63 Å². The Hall–Kier alpha value is -0.610. The molecular weight excluding hydrogens is 156 g/mol. The van der Waals surface area contributed by atoms with Crippen LogP contribution in [-0.2, 0) is 9.63 Å². The molecule has 70 valence electrons. The van der Waals surface area contributed by atoms with Crippen molar-refractivity contribution in [2.24, 2.45) is 0 Å². The van der Waals surface area contributed by atoms with Crippen LogP contribution in [0.15, 0.2) is 0 Å². The number of hydrogen-bond acceptors (Lipinski definition) is 3. The van der Waals surface area contributed by atoms with Gasteiger partial charge in [0.05, 0.1) is 12.6 Å². The van der Waals surface area contributed by atoms with E-state index in [9.17, 15) is 4.79 Å². The van der Waals surface area contributed by atoms with E-state index < -0.39 is 0 Å². The summed E-state index contributed by atoms with van der Waals surface area (Å²) in [5.41, 5.74) is 0. The average Bonchev–Trinajstić information content (AvgIpc) is 2.17. The van der Waals surface area contributed by atoms with Gasteiger partial charge in [0.1, 0.15) is 0 Å². The van der Waals surface area contributed by atoms with Crippen molar-refractivity contribution in [2.75, 3.05) is 20.2 Å². The van der Waals surface area contributed by atoms with E-state index in [0.717, 1.165) is 19.4 Å². The summed E-state index contributed by atoms with van der Waals surface area (Å²) in [6.45, 7) is 3.23. The predicted octanol–water partition coefficient (Wildman–Crippen LogP) is 0.148. The zero-order valence-electron chi connectivity index (χ0n) is 7.67. The summed E-state index contributed by atoms with van der Waals surface area (Å²) in [5, 5.41) is 4.35. The maximum Gasteiger partial charge on any atom is 0.262 e. The molecule has 0 bridgehead atoms. The molecule has 0 saturated carbocycles. The Labute approximate surface area is 72.8 Å². The van der Waals surface area contributed by atoms with Gasteiger partial charge in [-0.15, -0.1) is 0 Å². The van der Waals surface area contributed by atoms with Crippen LogP contribution in [0.4, 0.5) is 0 Å². The van der Waals surface area contributed by atoms with Gasteiger partial charge in [0.2, 0.25) is 0 Å². The minimum atomic E-state index is -0.150. The summed E-state index contributed by atoms with van der Waals surface area (Å²) in [4.78, 5) is 16.7. The van der Waals surface area contributed by atoms with E-state index in [1.165, 1.54) is 5.06 Å². The quantitative estimate of drug-likeness (QED) is 0.644. The molecule has 1 saturated heterocycles. The van der Waals surface area contributed by atoms with E-state index in [0.29, 0.717) is 6.61 Å². The van der Waals surface area contributed by atoms with Gasteiger partial charge in [0, 0.05) is 6.54 Å². The number of nitrogens with one attached hydrogen (secondary N) is 1. The molecule has 4 heteroatoms. The fourth-order valence-corrected chi connectivity index (χ4v) is 1.11. The Bertz CT molecular complexity index is 155. The number of likely N-dealkylation sites (N-methyl/N-ethyl adjacent to an activating group) is 1. The summed E-state index contributed by atoms with van der Waals surface area (Å²) in [5.74, 6) is 0.0252. The molecule has 1 fully saturated rings. The van der Waals surface area contributed by atoms with Crippen molar-refractivity contribution in [3.8, 4) is 0 Å². The third-order valence-corrected chi connectivity index (χ3v) is 2.05. The van der Waals surface area contributed by atoms with Crippen LogP contribution in [0.5, 0.6) is 0 Å². The molecule has 1 aliphatic heterocycles. The van der Waals surface area contributed by atoms with Crippen molar-refractivity contribution in [3.63, 3.8) is 0 Å². The third-order valence-electron chi connectivity index (χ3n) is 2.05. The van der Waals surface area contributed by atoms with Crippen molar-refractivity contribution in [2.45, 2.75) is 25.8 Å². The largest absolute Gasteiger partial charge is 0.309 e. The van der Waals surface area contributed by atoms with Crippen molar-refractivity contribution in [3.05, 3.63) is 0 Å². The fourth-order valence-electron chi connectivity index (χ4n) is 1.11. The molecule has 1 atom stereocenters. The van der Waals surface area contributed by atoms with Crippen molar-refractivity contribution < 1.29 is 9.63 Å². The smallest absolute Gasteiger partial charge is 0.262 e. The van der Waals surface area contributed by atoms with Crippen molar-refractivity contribution >= 4 is 5.91 Å². The Balaban J connectivity index is 2.39. The number of rotatable bonds is 2. The number of amides is 1. The van der Waals surface area contributed by atoms with Crippen LogP contribution in [0.1, 0.15) is 19.8 Å². The first kappa shape index (κ1) is 9.48. The number of carbonyl (C=O) groups excluding carboxylic acids is 1. The maximum atomic E-state index is 11.5. The molecule has 0 spiro atoms. The number of hydrogen-bond donors (Lipinski definition) is 1. The monoisotopic (exact) mass is 172 g/mol. The Morgan fingerprint density at radius 2 is 2.33 bits per heavy atom. The van der Waals surface area contributed by atoms with E-state index in [1.807, 2.05) is 6.92 Å². The minimum absolute atomic E-state index is 0.0252. The second-order valence-corrected chi connectivity index (χ2v) is 2.99. The van der Waals surface area contributed by atoms with Gasteiger partial charge in [0.15, 0.2) is 0 Å². The predicted molar refractivity (Wildman–Crippen MR) is 45.4 cm³/mol. The number of hydroxylamine groups is 2. The third kappa shape index (κ3) is 2.19. The molecule has 0 aromatic heterocycles. The molecule has 1 N–H and O–H groups in total. The lowest BCUT2D eigenvalue weighted by atomic mass is 10.2. The highest BCUT2D eigenvalue weighted by Gasteiger charge is 2.21. The van der Waals surface area contributed by atoms with Crippen molar-refractivity contribution in [1.29, 1.82) is 0 Å².